The zero-order valence-corrected chi connectivity index (χ0v) is 14.2. The van der Waals surface area contributed by atoms with E-state index in [0.29, 0.717) is 23.2 Å². The van der Waals surface area contributed by atoms with Crippen LogP contribution in [0.4, 0.5) is 5.69 Å². The topological polar surface area (TPSA) is 30.5 Å². The van der Waals surface area contributed by atoms with Crippen LogP contribution in [0.25, 0.3) is 0 Å². The van der Waals surface area contributed by atoms with Gasteiger partial charge in [-0.1, -0.05) is 35.3 Å². The lowest BCUT2D eigenvalue weighted by Crippen LogP contribution is -2.16. The summed E-state index contributed by atoms with van der Waals surface area (Å²) >= 11 is 12.1. The predicted molar refractivity (Wildman–Crippen MR) is 94.7 cm³/mol. The van der Waals surface area contributed by atoms with Gasteiger partial charge >= 0.3 is 0 Å². The van der Waals surface area contributed by atoms with Crippen molar-refractivity contribution in [2.75, 3.05) is 18.5 Å². The van der Waals surface area contributed by atoms with E-state index in [4.69, 9.17) is 32.7 Å². The molecule has 2 aromatic rings. The molecule has 3 rings (SSSR count). The molecule has 0 unspecified atom stereocenters. The molecule has 1 aliphatic rings. The quantitative estimate of drug-likeness (QED) is 0.779. The summed E-state index contributed by atoms with van der Waals surface area (Å²) < 4.78 is 11.5. The van der Waals surface area contributed by atoms with Crippen LogP contribution in [-0.4, -0.2) is 19.3 Å². The number of benzene rings is 2. The van der Waals surface area contributed by atoms with E-state index in [1.165, 1.54) is 0 Å². The monoisotopic (exact) mass is 351 g/mol. The van der Waals surface area contributed by atoms with Crippen molar-refractivity contribution in [3.63, 3.8) is 0 Å². The van der Waals surface area contributed by atoms with Crippen LogP contribution in [0, 0.1) is 0 Å². The third-order valence-electron chi connectivity index (χ3n) is 3.74. The van der Waals surface area contributed by atoms with Crippen molar-refractivity contribution in [2.24, 2.45) is 0 Å². The van der Waals surface area contributed by atoms with Crippen LogP contribution in [0.15, 0.2) is 42.5 Å². The second-order valence-corrected chi connectivity index (χ2v) is 6.45. The fourth-order valence-corrected chi connectivity index (χ4v) is 3.18. The van der Waals surface area contributed by atoms with Crippen molar-refractivity contribution >= 4 is 28.9 Å². The fraction of sp³-hybridized carbons (Fsp3) is 0.333. The molecular formula is C18H19Cl2NO2. The van der Waals surface area contributed by atoms with Crippen LogP contribution in [0.3, 0.4) is 0 Å². The lowest BCUT2D eigenvalue weighted by molar-refractivity contribution is 0.0682. The highest BCUT2D eigenvalue weighted by molar-refractivity contribution is 6.34. The molecule has 1 saturated heterocycles. The van der Waals surface area contributed by atoms with Gasteiger partial charge in [-0.2, -0.15) is 0 Å². The van der Waals surface area contributed by atoms with Crippen molar-refractivity contribution in [3.05, 3.63) is 58.1 Å². The molecule has 23 heavy (non-hydrogen) atoms. The minimum atomic E-state index is 0.204. The Balaban J connectivity index is 1.62. The van der Waals surface area contributed by atoms with Gasteiger partial charge in [0.2, 0.25) is 0 Å². The summed E-state index contributed by atoms with van der Waals surface area (Å²) in [6.45, 7) is 2.05. The van der Waals surface area contributed by atoms with Crippen LogP contribution >= 0.6 is 23.2 Å². The van der Waals surface area contributed by atoms with Gasteiger partial charge in [0.15, 0.2) is 0 Å². The number of nitrogens with one attached hydrogen (secondary N) is 1. The van der Waals surface area contributed by atoms with Crippen LogP contribution in [-0.2, 0) is 11.3 Å². The standard InChI is InChI=1S/C18H19Cl2NO2/c19-14-8-13(9-15(20)10-14)11-21-17-5-1-2-6-18(17)23-12-16-4-3-7-22-16/h1-2,5-6,8-10,16,21H,3-4,7,11-12H2/t16-/m1/s1. The molecule has 1 atom stereocenters. The van der Waals surface area contributed by atoms with Crippen molar-refractivity contribution in [1.29, 1.82) is 0 Å². The molecule has 1 heterocycles. The molecule has 1 fully saturated rings. The van der Waals surface area contributed by atoms with Crippen molar-refractivity contribution in [3.8, 4) is 5.75 Å². The summed E-state index contributed by atoms with van der Waals surface area (Å²) in [6, 6.07) is 13.4. The summed E-state index contributed by atoms with van der Waals surface area (Å²) in [5.74, 6) is 0.830. The van der Waals surface area contributed by atoms with E-state index < -0.39 is 0 Å². The lowest BCUT2D eigenvalue weighted by atomic mass is 10.2. The Labute approximate surface area is 146 Å². The molecular weight excluding hydrogens is 333 g/mol. The third-order valence-corrected chi connectivity index (χ3v) is 4.18. The summed E-state index contributed by atoms with van der Waals surface area (Å²) in [5.41, 5.74) is 1.97. The van der Waals surface area contributed by atoms with E-state index in [-0.39, 0.29) is 6.10 Å². The Morgan fingerprint density at radius 2 is 1.91 bits per heavy atom. The maximum atomic E-state index is 6.03. The number of halogens is 2. The molecule has 0 saturated carbocycles. The summed E-state index contributed by atoms with van der Waals surface area (Å²) in [6.07, 6.45) is 2.38. The molecule has 0 aliphatic carbocycles. The van der Waals surface area contributed by atoms with Crippen molar-refractivity contribution < 1.29 is 9.47 Å². The smallest absolute Gasteiger partial charge is 0.142 e. The van der Waals surface area contributed by atoms with Gasteiger partial charge in [0, 0.05) is 23.2 Å². The fourth-order valence-electron chi connectivity index (χ4n) is 2.61. The Morgan fingerprint density at radius 1 is 1.13 bits per heavy atom. The van der Waals surface area contributed by atoms with Gasteiger partial charge < -0.3 is 14.8 Å². The number of para-hydroxylation sites is 2. The first kappa shape index (κ1) is 16.4. The van der Waals surface area contributed by atoms with Crippen LogP contribution in [0.5, 0.6) is 5.75 Å². The molecule has 0 radical (unpaired) electrons. The zero-order valence-electron chi connectivity index (χ0n) is 12.7. The van der Waals surface area contributed by atoms with Crippen LogP contribution < -0.4 is 10.1 Å². The number of hydrogen-bond acceptors (Lipinski definition) is 3. The molecule has 122 valence electrons. The average Bonchev–Trinajstić information content (AvgIpc) is 3.04. The Morgan fingerprint density at radius 3 is 2.65 bits per heavy atom. The molecule has 2 aromatic carbocycles. The number of anilines is 1. The average molecular weight is 352 g/mol. The van der Waals surface area contributed by atoms with E-state index in [1.807, 2.05) is 36.4 Å². The van der Waals surface area contributed by atoms with Gasteiger partial charge in [0.05, 0.1) is 11.8 Å². The largest absolute Gasteiger partial charge is 0.489 e. The summed E-state index contributed by atoms with van der Waals surface area (Å²) in [4.78, 5) is 0. The molecule has 0 spiro atoms. The molecule has 5 heteroatoms. The molecule has 0 aromatic heterocycles. The predicted octanol–water partition coefficient (Wildman–Crippen LogP) is 5.16. The minimum Gasteiger partial charge on any atom is -0.489 e. The highest BCUT2D eigenvalue weighted by Crippen LogP contribution is 2.26. The van der Waals surface area contributed by atoms with E-state index in [0.717, 1.165) is 36.4 Å². The molecule has 0 amide bonds. The van der Waals surface area contributed by atoms with Gasteiger partial charge in [-0.3, -0.25) is 0 Å². The second kappa shape index (κ2) is 7.91. The van der Waals surface area contributed by atoms with Gasteiger partial charge in [0.1, 0.15) is 12.4 Å². The van der Waals surface area contributed by atoms with Crippen molar-refractivity contribution in [2.45, 2.75) is 25.5 Å². The van der Waals surface area contributed by atoms with Gasteiger partial charge in [-0.05, 0) is 48.7 Å². The summed E-state index contributed by atoms with van der Waals surface area (Å²) in [7, 11) is 0. The first-order valence-corrected chi connectivity index (χ1v) is 8.48. The maximum absolute atomic E-state index is 6.03. The highest BCUT2D eigenvalue weighted by Gasteiger charge is 2.16. The van der Waals surface area contributed by atoms with Crippen LogP contribution in [0.1, 0.15) is 18.4 Å². The first-order valence-electron chi connectivity index (χ1n) is 7.73. The Bertz CT molecular complexity index is 637. The number of ether oxygens (including phenoxy) is 2. The first-order chi connectivity index (χ1) is 11.2. The normalized spacial score (nSPS) is 17.2. The molecule has 0 bridgehead atoms. The third kappa shape index (κ3) is 4.77. The molecule has 1 aliphatic heterocycles. The van der Waals surface area contributed by atoms with E-state index >= 15 is 0 Å². The van der Waals surface area contributed by atoms with E-state index in [1.54, 1.807) is 6.07 Å². The zero-order chi connectivity index (χ0) is 16.1. The van der Waals surface area contributed by atoms with Gasteiger partial charge in [-0.25, -0.2) is 0 Å². The highest BCUT2D eigenvalue weighted by atomic mass is 35.5. The number of hydrogen-bond donors (Lipinski definition) is 1. The molecule has 1 N–H and O–H groups in total. The number of rotatable bonds is 6. The Kier molecular flexibility index (Phi) is 5.65. The van der Waals surface area contributed by atoms with E-state index in [2.05, 4.69) is 5.32 Å². The van der Waals surface area contributed by atoms with E-state index in [9.17, 15) is 0 Å². The maximum Gasteiger partial charge on any atom is 0.142 e. The SMILES string of the molecule is Clc1cc(Cl)cc(CNc2ccccc2OC[C@H]2CCCO2)c1. The molecule has 3 nitrogen and oxygen atoms in total. The van der Waals surface area contributed by atoms with Crippen molar-refractivity contribution in [1.82, 2.24) is 0 Å². The Hall–Kier alpha value is -1.42. The summed E-state index contributed by atoms with van der Waals surface area (Å²) in [5, 5.41) is 4.65. The lowest BCUT2D eigenvalue weighted by Gasteiger charge is -2.16. The van der Waals surface area contributed by atoms with Gasteiger partial charge in [-0.15, -0.1) is 0 Å². The van der Waals surface area contributed by atoms with Crippen LogP contribution in [0.2, 0.25) is 10.0 Å². The van der Waals surface area contributed by atoms with Gasteiger partial charge in [0.25, 0.3) is 0 Å². The minimum absolute atomic E-state index is 0.204. The second-order valence-electron chi connectivity index (χ2n) is 5.57.